The van der Waals surface area contributed by atoms with Crippen LogP contribution in [0.15, 0.2) is 59.8 Å². The number of fused-ring (bicyclic) bond motifs is 1. The average molecular weight is 460 g/mol. The van der Waals surface area contributed by atoms with Gasteiger partial charge in [-0.2, -0.15) is 0 Å². The number of thioether (sulfide) groups is 1. The van der Waals surface area contributed by atoms with E-state index < -0.39 is 0 Å². The SMILES string of the molecule is Cc1ccc(-n2c(SCC(=O)c3cc(C)n(C[C@@H]4CCCO4)c3C)nc3ccccc32)cc1. The minimum atomic E-state index is 0.134. The van der Waals surface area contributed by atoms with Crippen molar-refractivity contribution in [1.82, 2.24) is 14.1 Å². The second-order valence-electron chi connectivity index (χ2n) is 8.80. The fourth-order valence-electron chi connectivity index (χ4n) is 4.61. The molecule has 0 bridgehead atoms. The standard InChI is InChI=1S/C27H29N3O2S/c1-18-10-12-21(13-11-18)30-25-9-5-4-8-24(25)28-27(30)33-17-26(31)23-15-19(2)29(20(23)3)16-22-7-6-14-32-22/h4-5,8-13,15,22H,6-7,14,16-17H2,1-3H3/t22-/m0/s1. The second-order valence-corrected chi connectivity index (χ2v) is 9.74. The highest BCUT2D eigenvalue weighted by atomic mass is 32.2. The molecular formula is C27H29N3O2S. The number of aromatic nitrogens is 3. The lowest BCUT2D eigenvalue weighted by Crippen LogP contribution is -2.17. The van der Waals surface area contributed by atoms with Crippen LogP contribution in [0, 0.1) is 20.8 Å². The van der Waals surface area contributed by atoms with E-state index in [0.29, 0.717) is 5.75 Å². The van der Waals surface area contributed by atoms with Crippen LogP contribution in [0.2, 0.25) is 0 Å². The number of imidazole rings is 1. The average Bonchev–Trinajstić information content (AvgIpc) is 3.53. The van der Waals surface area contributed by atoms with Gasteiger partial charge in [-0.1, -0.05) is 41.6 Å². The lowest BCUT2D eigenvalue weighted by atomic mass is 10.2. The summed E-state index contributed by atoms with van der Waals surface area (Å²) < 4.78 is 10.2. The Morgan fingerprint density at radius 2 is 1.91 bits per heavy atom. The van der Waals surface area contributed by atoms with Gasteiger partial charge in [0.25, 0.3) is 0 Å². The molecule has 4 aromatic rings. The van der Waals surface area contributed by atoms with Crippen molar-refractivity contribution in [3.63, 3.8) is 0 Å². The van der Waals surface area contributed by atoms with Gasteiger partial charge in [0.1, 0.15) is 0 Å². The number of benzene rings is 2. The van der Waals surface area contributed by atoms with E-state index in [4.69, 9.17) is 9.72 Å². The lowest BCUT2D eigenvalue weighted by molar-refractivity contribution is 0.0957. The second kappa shape index (κ2) is 9.20. The van der Waals surface area contributed by atoms with Crippen molar-refractivity contribution < 1.29 is 9.53 Å². The van der Waals surface area contributed by atoms with E-state index in [0.717, 1.165) is 64.8 Å². The molecule has 2 aromatic heterocycles. The summed E-state index contributed by atoms with van der Waals surface area (Å²) in [4.78, 5) is 18.1. The predicted octanol–water partition coefficient (Wildman–Crippen LogP) is 5.91. The smallest absolute Gasteiger partial charge is 0.175 e. The molecule has 2 aromatic carbocycles. The largest absolute Gasteiger partial charge is 0.376 e. The predicted molar refractivity (Wildman–Crippen MR) is 134 cm³/mol. The molecule has 1 fully saturated rings. The molecule has 0 unspecified atom stereocenters. The molecule has 0 spiro atoms. The number of carbonyl (C=O) groups is 1. The first kappa shape index (κ1) is 22.0. The van der Waals surface area contributed by atoms with Gasteiger partial charge >= 0.3 is 0 Å². The van der Waals surface area contributed by atoms with E-state index in [1.807, 2.05) is 31.2 Å². The highest BCUT2D eigenvalue weighted by Crippen LogP contribution is 2.29. The molecule has 0 radical (unpaired) electrons. The Bertz CT molecular complexity index is 1300. The summed E-state index contributed by atoms with van der Waals surface area (Å²) >= 11 is 1.50. The highest BCUT2D eigenvalue weighted by molar-refractivity contribution is 7.99. The number of hydrogen-bond donors (Lipinski definition) is 0. The fraction of sp³-hybridized carbons (Fsp3) is 0.333. The molecule has 170 valence electrons. The van der Waals surface area contributed by atoms with Gasteiger partial charge in [-0.05, 0) is 63.9 Å². The van der Waals surface area contributed by atoms with Crippen LogP contribution in [0.3, 0.4) is 0 Å². The first-order chi connectivity index (χ1) is 16.0. The molecule has 1 saturated heterocycles. The van der Waals surface area contributed by atoms with Crippen LogP contribution in [0.1, 0.15) is 40.2 Å². The minimum Gasteiger partial charge on any atom is -0.376 e. The molecule has 5 nitrogen and oxygen atoms in total. The quantitative estimate of drug-likeness (QED) is 0.255. The number of hydrogen-bond acceptors (Lipinski definition) is 4. The number of para-hydroxylation sites is 2. The van der Waals surface area contributed by atoms with Gasteiger partial charge in [0.15, 0.2) is 10.9 Å². The molecule has 6 heteroatoms. The molecule has 5 rings (SSSR count). The van der Waals surface area contributed by atoms with Gasteiger partial charge < -0.3 is 9.30 Å². The lowest BCUT2D eigenvalue weighted by Gasteiger charge is -2.14. The Balaban J connectivity index is 1.40. The number of carbonyl (C=O) groups excluding carboxylic acids is 1. The zero-order chi connectivity index (χ0) is 22.9. The van der Waals surface area contributed by atoms with Crippen molar-refractivity contribution in [3.05, 3.63) is 77.1 Å². The van der Waals surface area contributed by atoms with Crippen molar-refractivity contribution in [3.8, 4) is 5.69 Å². The topological polar surface area (TPSA) is 49.0 Å². The van der Waals surface area contributed by atoms with Crippen molar-refractivity contribution in [1.29, 1.82) is 0 Å². The molecule has 1 aliphatic rings. The maximum Gasteiger partial charge on any atom is 0.175 e. The van der Waals surface area contributed by atoms with Crippen LogP contribution in [-0.4, -0.2) is 38.4 Å². The maximum absolute atomic E-state index is 13.2. The summed E-state index contributed by atoms with van der Waals surface area (Å²) in [5, 5.41) is 0.835. The number of ether oxygens (including phenoxy) is 1. The number of Topliss-reactive ketones (excluding diaryl/α,β-unsaturated/α-hetero) is 1. The van der Waals surface area contributed by atoms with Crippen molar-refractivity contribution in [2.24, 2.45) is 0 Å². The number of rotatable bonds is 7. The van der Waals surface area contributed by atoms with E-state index in [2.05, 4.69) is 53.3 Å². The monoisotopic (exact) mass is 459 g/mol. The van der Waals surface area contributed by atoms with E-state index >= 15 is 0 Å². The third-order valence-corrected chi connectivity index (χ3v) is 7.38. The van der Waals surface area contributed by atoms with Crippen LogP contribution in [0.5, 0.6) is 0 Å². The van der Waals surface area contributed by atoms with E-state index in [1.54, 1.807) is 0 Å². The summed E-state index contributed by atoms with van der Waals surface area (Å²) in [5.41, 5.74) is 7.19. The molecule has 1 aliphatic heterocycles. The highest BCUT2D eigenvalue weighted by Gasteiger charge is 2.22. The van der Waals surface area contributed by atoms with E-state index in [9.17, 15) is 4.79 Å². The molecule has 0 N–H and O–H groups in total. The fourth-order valence-corrected chi connectivity index (χ4v) is 5.52. The van der Waals surface area contributed by atoms with Gasteiger partial charge in [-0.3, -0.25) is 9.36 Å². The summed E-state index contributed by atoms with van der Waals surface area (Å²) in [6.45, 7) is 7.86. The van der Waals surface area contributed by atoms with Gasteiger partial charge in [0.2, 0.25) is 0 Å². The summed E-state index contributed by atoms with van der Waals surface area (Å²) in [5.74, 6) is 0.480. The first-order valence-corrected chi connectivity index (χ1v) is 12.5. The Labute approximate surface area is 198 Å². The van der Waals surface area contributed by atoms with E-state index in [1.165, 1.54) is 17.3 Å². The molecule has 3 heterocycles. The molecule has 0 saturated carbocycles. The minimum absolute atomic E-state index is 0.134. The van der Waals surface area contributed by atoms with Crippen LogP contribution >= 0.6 is 11.8 Å². The van der Waals surface area contributed by atoms with Crippen LogP contribution in [0.25, 0.3) is 16.7 Å². The van der Waals surface area contributed by atoms with Crippen molar-refractivity contribution in [2.75, 3.05) is 12.4 Å². The molecular weight excluding hydrogens is 430 g/mol. The summed E-state index contributed by atoms with van der Waals surface area (Å²) in [6, 6.07) is 18.6. The number of nitrogens with zero attached hydrogens (tertiary/aromatic N) is 3. The molecule has 0 aliphatic carbocycles. The summed E-state index contributed by atoms with van der Waals surface area (Å²) in [7, 11) is 0. The van der Waals surface area contributed by atoms with Crippen molar-refractivity contribution >= 4 is 28.6 Å². The first-order valence-electron chi connectivity index (χ1n) is 11.5. The Kier molecular flexibility index (Phi) is 6.13. The Morgan fingerprint density at radius 1 is 1.12 bits per heavy atom. The molecule has 33 heavy (non-hydrogen) atoms. The van der Waals surface area contributed by atoms with Gasteiger partial charge in [0, 0.05) is 35.8 Å². The van der Waals surface area contributed by atoms with Crippen molar-refractivity contribution in [2.45, 2.75) is 51.4 Å². The normalized spacial score (nSPS) is 16.0. The molecule has 0 amide bonds. The number of aryl methyl sites for hydroxylation is 2. The Hall–Kier alpha value is -2.83. The van der Waals surface area contributed by atoms with Crippen LogP contribution in [0.4, 0.5) is 0 Å². The van der Waals surface area contributed by atoms with Crippen LogP contribution in [-0.2, 0) is 11.3 Å². The molecule has 1 atom stereocenters. The van der Waals surface area contributed by atoms with Gasteiger partial charge in [-0.25, -0.2) is 4.98 Å². The van der Waals surface area contributed by atoms with Gasteiger partial charge in [0.05, 0.1) is 22.9 Å². The maximum atomic E-state index is 13.2. The third-order valence-electron chi connectivity index (χ3n) is 6.44. The zero-order valence-corrected chi connectivity index (χ0v) is 20.2. The summed E-state index contributed by atoms with van der Waals surface area (Å²) in [6.07, 6.45) is 2.46. The van der Waals surface area contributed by atoms with Gasteiger partial charge in [-0.15, -0.1) is 0 Å². The Morgan fingerprint density at radius 3 is 2.67 bits per heavy atom. The van der Waals surface area contributed by atoms with E-state index in [-0.39, 0.29) is 11.9 Å². The number of ketones is 1. The zero-order valence-electron chi connectivity index (χ0n) is 19.4. The van der Waals surface area contributed by atoms with Crippen LogP contribution < -0.4 is 0 Å². The third kappa shape index (κ3) is 4.37.